The highest BCUT2D eigenvalue weighted by atomic mass is 35.5. The Morgan fingerprint density at radius 3 is 2.73 bits per heavy atom. The third-order valence-corrected chi connectivity index (χ3v) is 3.32. The van der Waals surface area contributed by atoms with Crippen molar-refractivity contribution in [3.8, 4) is 5.75 Å². The summed E-state index contributed by atoms with van der Waals surface area (Å²) in [6.07, 6.45) is 0. The first kappa shape index (κ1) is 16.0. The van der Waals surface area contributed by atoms with Crippen molar-refractivity contribution in [2.24, 2.45) is 0 Å². The summed E-state index contributed by atoms with van der Waals surface area (Å²) in [7, 11) is 1.47. The van der Waals surface area contributed by atoms with Gasteiger partial charge in [-0.05, 0) is 17.7 Å². The molecule has 2 aromatic carbocycles. The van der Waals surface area contributed by atoms with Gasteiger partial charge in [-0.3, -0.25) is 10.2 Å². The van der Waals surface area contributed by atoms with Crippen molar-refractivity contribution < 1.29 is 13.9 Å². The molecule has 6 heteroatoms. The van der Waals surface area contributed by atoms with E-state index in [9.17, 15) is 9.18 Å². The number of halogens is 2. The first-order valence-electron chi connectivity index (χ1n) is 6.49. The standard InChI is InChI=1S/C16H14ClFN2O2/c1-20-16(21)15(19)12-5-3-2-4-10(12)9-22-11-6-7-14(18)13(17)8-11/h2-8,19H,9H2,1H3,(H,20,21). The van der Waals surface area contributed by atoms with Crippen LogP contribution in [0.15, 0.2) is 42.5 Å². The molecule has 0 radical (unpaired) electrons. The number of hydrogen-bond acceptors (Lipinski definition) is 3. The lowest BCUT2D eigenvalue weighted by Crippen LogP contribution is -2.28. The molecule has 0 atom stereocenters. The highest BCUT2D eigenvalue weighted by Crippen LogP contribution is 2.22. The fraction of sp³-hybridized carbons (Fsp3) is 0.125. The van der Waals surface area contributed by atoms with Gasteiger partial charge in [0.25, 0.3) is 5.91 Å². The lowest BCUT2D eigenvalue weighted by Gasteiger charge is -2.11. The average Bonchev–Trinajstić information content (AvgIpc) is 2.54. The highest BCUT2D eigenvalue weighted by molar-refractivity contribution is 6.44. The van der Waals surface area contributed by atoms with Crippen LogP contribution in [0.5, 0.6) is 5.75 Å². The number of benzene rings is 2. The van der Waals surface area contributed by atoms with Gasteiger partial charge in [-0.25, -0.2) is 4.39 Å². The van der Waals surface area contributed by atoms with E-state index in [2.05, 4.69) is 5.32 Å². The van der Waals surface area contributed by atoms with E-state index in [0.29, 0.717) is 16.9 Å². The van der Waals surface area contributed by atoms with Gasteiger partial charge >= 0.3 is 0 Å². The second-order valence-electron chi connectivity index (χ2n) is 4.48. The second-order valence-corrected chi connectivity index (χ2v) is 4.88. The Bertz CT molecular complexity index is 719. The molecule has 114 valence electrons. The third kappa shape index (κ3) is 3.62. The first-order chi connectivity index (χ1) is 10.5. The van der Waals surface area contributed by atoms with Crippen LogP contribution in [-0.2, 0) is 11.4 Å². The minimum atomic E-state index is -0.518. The second kappa shape index (κ2) is 7.04. The molecule has 2 N–H and O–H groups in total. The van der Waals surface area contributed by atoms with Gasteiger partial charge in [-0.1, -0.05) is 35.9 Å². The zero-order valence-corrected chi connectivity index (χ0v) is 12.6. The van der Waals surface area contributed by atoms with E-state index in [1.165, 1.54) is 25.2 Å². The molecule has 22 heavy (non-hydrogen) atoms. The summed E-state index contributed by atoms with van der Waals surface area (Å²) in [4.78, 5) is 11.6. The molecule has 0 saturated carbocycles. The van der Waals surface area contributed by atoms with Gasteiger partial charge in [0.2, 0.25) is 0 Å². The lowest BCUT2D eigenvalue weighted by atomic mass is 10.0. The number of hydrogen-bond donors (Lipinski definition) is 2. The quantitative estimate of drug-likeness (QED) is 0.831. The van der Waals surface area contributed by atoms with Crippen molar-refractivity contribution in [2.75, 3.05) is 7.05 Å². The number of amides is 1. The van der Waals surface area contributed by atoms with Crippen LogP contribution >= 0.6 is 11.6 Å². The van der Waals surface area contributed by atoms with Crippen molar-refractivity contribution in [3.63, 3.8) is 0 Å². The van der Waals surface area contributed by atoms with E-state index in [-0.39, 0.29) is 17.3 Å². The van der Waals surface area contributed by atoms with Gasteiger partial charge in [0, 0.05) is 18.7 Å². The summed E-state index contributed by atoms with van der Waals surface area (Å²) in [5.41, 5.74) is 1.02. The van der Waals surface area contributed by atoms with Crippen LogP contribution in [-0.4, -0.2) is 18.7 Å². The van der Waals surface area contributed by atoms with Gasteiger partial charge in [-0.2, -0.15) is 0 Å². The lowest BCUT2D eigenvalue weighted by molar-refractivity contribution is -0.114. The molecule has 0 aliphatic rings. The van der Waals surface area contributed by atoms with Crippen molar-refractivity contribution in [1.82, 2.24) is 5.32 Å². The average molecular weight is 321 g/mol. The van der Waals surface area contributed by atoms with Crippen LogP contribution in [0.3, 0.4) is 0 Å². The molecule has 2 rings (SSSR count). The number of nitrogens with one attached hydrogen (secondary N) is 2. The molecule has 0 heterocycles. The Morgan fingerprint density at radius 2 is 2.05 bits per heavy atom. The van der Waals surface area contributed by atoms with Crippen LogP contribution in [0.1, 0.15) is 11.1 Å². The van der Waals surface area contributed by atoms with E-state index in [0.717, 1.165) is 0 Å². The number of rotatable bonds is 5. The Kier molecular flexibility index (Phi) is 5.12. The summed E-state index contributed by atoms with van der Waals surface area (Å²) >= 11 is 5.70. The Morgan fingerprint density at radius 1 is 1.32 bits per heavy atom. The largest absolute Gasteiger partial charge is 0.489 e. The normalized spacial score (nSPS) is 10.1. The van der Waals surface area contributed by atoms with Crippen LogP contribution in [0, 0.1) is 11.2 Å². The maximum Gasteiger partial charge on any atom is 0.269 e. The van der Waals surface area contributed by atoms with E-state index in [4.69, 9.17) is 21.7 Å². The third-order valence-electron chi connectivity index (χ3n) is 3.03. The summed E-state index contributed by atoms with van der Waals surface area (Å²) < 4.78 is 18.7. The topological polar surface area (TPSA) is 62.2 Å². The molecule has 0 aliphatic carbocycles. The maximum atomic E-state index is 13.1. The predicted molar refractivity (Wildman–Crippen MR) is 83.1 cm³/mol. The molecule has 2 aromatic rings. The summed E-state index contributed by atoms with van der Waals surface area (Å²) in [5.74, 6) is -0.583. The van der Waals surface area contributed by atoms with E-state index >= 15 is 0 Å². The Hall–Kier alpha value is -2.40. The van der Waals surface area contributed by atoms with Crippen molar-refractivity contribution in [2.45, 2.75) is 6.61 Å². The molecule has 0 aromatic heterocycles. The van der Waals surface area contributed by atoms with Gasteiger partial charge in [-0.15, -0.1) is 0 Å². The van der Waals surface area contributed by atoms with Crippen LogP contribution in [0.25, 0.3) is 0 Å². The maximum absolute atomic E-state index is 13.1. The molecular weight excluding hydrogens is 307 g/mol. The van der Waals surface area contributed by atoms with Crippen molar-refractivity contribution in [1.29, 1.82) is 5.41 Å². The van der Waals surface area contributed by atoms with E-state index in [1.54, 1.807) is 24.3 Å². The van der Waals surface area contributed by atoms with Gasteiger partial charge in [0.1, 0.15) is 23.9 Å². The molecule has 0 bridgehead atoms. The van der Waals surface area contributed by atoms with Gasteiger partial charge < -0.3 is 10.1 Å². The molecule has 1 amide bonds. The molecule has 0 spiro atoms. The number of carbonyl (C=O) groups excluding carboxylic acids is 1. The van der Waals surface area contributed by atoms with Crippen LogP contribution < -0.4 is 10.1 Å². The zero-order valence-electron chi connectivity index (χ0n) is 11.8. The van der Waals surface area contributed by atoms with Crippen LogP contribution in [0.4, 0.5) is 4.39 Å². The molecule has 0 unspecified atom stereocenters. The van der Waals surface area contributed by atoms with Crippen molar-refractivity contribution in [3.05, 3.63) is 64.4 Å². The van der Waals surface area contributed by atoms with E-state index < -0.39 is 11.7 Å². The Labute approximate surface area is 132 Å². The van der Waals surface area contributed by atoms with Gasteiger partial charge in [0.05, 0.1) is 5.02 Å². The summed E-state index contributed by atoms with van der Waals surface area (Å²) in [6.45, 7) is 0.136. The van der Waals surface area contributed by atoms with Gasteiger partial charge in [0.15, 0.2) is 0 Å². The zero-order chi connectivity index (χ0) is 16.1. The predicted octanol–water partition coefficient (Wildman–Crippen LogP) is 3.17. The number of likely N-dealkylation sites (N-methyl/N-ethyl adjacent to an activating group) is 1. The number of carbonyl (C=O) groups is 1. The molecule has 0 saturated heterocycles. The molecule has 0 aliphatic heterocycles. The molecule has 4 nitrogen and oxygen atoms in total. The SMILES string of the molecule is CNC(=O)C(=N)c1ccccc1COc1ccc(F)c(Cl)c1. The fourth-order valence-corrected chi connectivity index (χ4v) is 2.04. The Balaban J connectivity index is 2.18. The number of ether oxygens (including phenoxy) is 1. The summed E-state index contributed by atoms with van der Waals surface area (Å²) in [5, 5.41) is 10.3. The smallest absolute Gasteiger partial charge is 0.269 e. The minimum absolute atomic E-state index is 0.0242. The fourth-order valence-electron chi connectivity index (χ4n) is 1.87. The van der Waals surface area contributed by atoms with Crippen LogP contribution in [0.2, 0.25) is 5.02 Å². The summed E-state index contributed by atoms with van der Waals surface area (Å²) in [6, 6.07) is 11.0. The minimum Gasteiger partial charge on any atom is -0.489 e. The first-order valence-corrected chi connectivity index (χ1v) is 6.87. The van der Waals surface area contributed by atoms with Crippen molar-refractivity contribution >= 4 is 23.2 Å². The highest BCUT2D eigenvalue weighted by Gasteiger charge is 2.14. The van der Waals surface area contributed by atoms with E-state index in [1.807, 2.05) is 0 Å². The monoisotopic (exact) mass is 320 g/mol. The molecular formula is C16H14ClFN2O2. The molecule has 0 fully saturated rings.